The molecule has 16 heteroatoms. The van der Waals surface area contributed by atoms with Gasteiger partial charge in [-0.1, -0.05) is 0 Å². The van der Waals surface area contributed by atoms with Crippen LogP contribution in [0.25, 0.3) is 4.13 Å². The number of methoxy groups -OCH3 is 1. The molecule has 158 valence electrons. The summed E-state index contributed by atoms with van der Waals surface area (Å²) in [6, 6.07) is 0. The Balaban J connectivity index is 0.000000502. The Labute approximate surface area is 147 Å². The van der Waals surface area contributed by atoms with Gasteiger partial charge in [0.25, 0.3) is 0 Å². The standard InChI is InChI=1S/C8H19N2O.C2F6NO4S2/c1-10(7-8-11-2)5-3-9-4-6-10;3-1(4,5)14(10,11)9-15(12,13)2(6,7)8/h9H,3-8H2,1-2H3;/q+1;-1. The molecule has 0 unspecified atom stereocenters. The van der Waals surface area contributed by atoms with Gasteiger partial charge in [-0.2, -0.15) is 26.3 Å². The van der Waals surface area contributed by atoms with Gasteiger partial charge in [0, 0.05) is 20.2 Å². The van der Waals surface area contributed by atoms with E-state index in [0.29, 0.717) is 0 Å². The van der Waals surface area contributed by atoms with E-state index in [1.54, 1.807) is 7.11 Å². The van der Waals surface area contributed by atoms with Crippen LogP contribution in [0.4, 0.5) is 26.3 Å². The minimum atomic E-state index is -6.72. The second-order valence-electron chi connectivity index (χ2n) is 5.45. The number of likely N-dealkylation sites (N-methyl/N-ethyl adjacent to an activating group) is 1. The monoisotopic (exact) mass is 439 g/mol. The number of quaternary nitrogens is 1. The van der Waals surface area contributed by atoms with Gasteiger partial charge in [-0.15, -0.1) is 0 Å². The molecule has 1 aliphatic rings. The van der Waals surface area contributed by atoms with Gasteiger partial charge in [0.1, 0.15) is 6.54 Å². The molecule has 1 rings (SSSR count). The molecule has 0 aromatic carbocycles. The van der Waals surface area contributed by atoms with Gasteiger partial charge >= 0.3 is 11.0 Å². The first kappa shape index (κ1) is 25.3. The Morgan fingerprint density at radius 2 is 1.35 bits per heavy atom. The Hall–Kier alpha value is -0.680. The second kappa shape index (κ2) is 9.01. The van der Waals surface area contributed by atoms with E-state index in [9.17, 15) is 43.2 Å². The van der Waals surface area contributed by atoms with Gasteiger partial charge in [0.2, 0.25) is 0 Å². The molecule has 8 nitrogen and oxygen atoms in total. The topological polar surface area (TPSA) is 104 Å². The average Bonchev–Trinajstić information content (AvgIpc) is 2.43. The maximum Gasteiger partial charge on any atom is 0.480 e. The number of piperazine rings is 1. The number of sulfonamides is 2. The normalized spacial score (nSPS) is 18.8. The summed E-state index contributed by atoms with van der Waals surface area (Å²) in [6.07, 6.45) is 0. The second-order valence-corrected chi connectivity index (χ2v) is 8.87. The number of hydrogen-bond donors (Lipinski definition) is 1. The molecule has 1 aliphatic heterocycles. The lowest BCUT2D eigenvalue weighted by Crippen LogP contribution is -2.57. The molecule has 26 heavy (non-hydrogen) atoms. The Morgan fingerprint density at radius 3 is 1.65 bits per heavy atom. The highest BCUT2D eigenvalue weighted by Gasteiger charge is 2.46. The predicted octanol–water partition coefficient (Wildman–Crippen LogP) is 0.742. The highest BCUT2D eigenvalue weighted by Crippen LogP contribution is 2.36. The van der Waals surface area contributed by atoms with Gasteiger partial charge < -0.3 is 18.7 Å². The molecule has 1 fully saturated rings. The van der Waals surface area contributed by atoms with E-state index in [1.807, 2.05) is 0 Å². The van der Waals surface area contributed by atoms with Gasteiger partial charge in [0.05, 0.1) is 26.7 Å². The molecule has 1 saturated heterocycles. The van der Waals surface area contributed by atoms with Crippen molar-refractivity contribution < 1.29 is 52.4 Å². The van der Waals surface area contributed by atoms with Crippen molar-refractivity contribution in [1.29, 1.82) is 0 Å². The summed E-state index contributed by atoms with van der Waals surface area (Å²) in [5.74, 6) is 0. The van der Waals surface area contributed by atoms with Crippen LogP contribution in [-0.4, -0.2) is 85.8 Å². The lowest BCUT2D eigenvalue weighted by Gasteiger charge is -2.37. The summed E-state index contributed by atoms with van der Waals surface area (Å²) in [7, 11) is -9.37. The Kier molecular flexibility index (Phi) is 8.77. The quantitative estimate of drug-likeness (QED) is 0.501. The van der Waals surface area contributed by atoms with E-state index in [2.05, 4.69) is 12.4 Å². The van der Waals surface area contributed by atoms with Crippen LogP contribution in [0.1, 0.15) is 0 Å². The van der Waals surface area contributed by atoms with Crippen LogP contribution in [-0.2, 0) is 24.8 Å². The number of ether oxygens (including phenoxy) is 1. The minimum absolute atomic E-state index is 0.778. The van der Waals surface area contributed by atoms with Crippen molar-refractivity contribution in [1.82, 2.24) is 5.32 Å². The van der Waals surface area contributed by atoms with Crippen LogP contribution < -0.4 is 5.32 Å². The number of alkyl halides is 6. The maximum absolute atomic E-state index is 11.4. The number of hydrogen-bond acceptors (Lipinski definition) is 6. The van der Waals surface area contributed by atoms with E-state index in [1.165, 1.54) is 17.6 Å². The molecule has 0 amide bonds. The number of rotatable bonds is 5. The molecule has 0 spiro atoms. The van der Waals surface area contributed by atoms with Crippen molar-refractivity contribution in [2.24, 2.45) is 0 Å². The molecule has 0 bridgehead atoms. The fourth-order valence-corrected chi connectivity index (χ4v) is 3.39. The third-order valence-electron chi connectivity index (χ3n) is 3.27. The predicted molar refractivity (Wildman–Crippen MR) is 78.8 cm³/mol. The van der Waals surface area contributed by atoms with E-state index >= 15 is 0 Å². The van der Waals surface area contributed by atoms with Crippen LogP contribution >= 0.6 is 0 Å². The molecular weight excluding hydrogens is 420 g/mol. The molecule has 0 aromatic rings. The highest BCUT2D eigenvalue weighted by atomic mass is 32.3. The van der Waals surface area contributed by atoms with Gasteiger partial charge in [-0.3, -0.25) is 0 Å². The molecule has 0 aromatic heterocycles. The van der Waals surface area contributed by atoms with Crippen molar-refractivity contribution in [2.75, 3.05) is 53.5 Å². The summed E-state index contributed by atoms with van der Waals surface area (Å²) in [5, 5.41) is 3.36. The van der Waals surface area contributed by atoms with Crippen LogP contribution in [0.5, 0.6) is 0 Å². The highest BCUT2D eigenvalue weighted by molar-refractivity contribution is 8.13. The summed E-state index contributed by atoms with van der Waals surface area (Å²) in [4.78, 5) is 0. The Bertz CT molecular complexity index is 599. The van der Waals surface area contributed by atoms with Gasteiger partial charge in [0.15, 0.2) is 20.0 Å². The van der Waals surface area contributed by atoms with E-state index < -0.39 is 31.1 Å². The number of nitrogens with one attached hydrogen (secondary N) is 1. The van der Waals surface area contributed by atoms with Crippen molar-refractivity contribution in [3.05, 3.63) is 4.13 Å². The third kappa shape index (κ3) is 7.91. The third-order valence-corrected chi connectivity index (χ3v) is 6.01. The van der Waals surface area contributed by atoms with E-state index in [0.717, 1.165) is 30.4 Å². The zero-order chi connectivity index (χ0) is 20.9. The SMILES string of the molecule is COCC[N+]1(C)CCNCC1.O=S(=O)([N-]S(=O)(=O)C(F)(F)F)C(F)(F)F. The lowest BCUT2D eigenvalue weighted by molar-refractivity contribution is -0.911. The first-order valence-corrected chi connectivity index (χ1v) is 9.75. The summed E-state index contributed by atoms with van der Waals surface area (Å²) >= 11 is 0. The van der Waals surface area contributed by atoms with Crippen molar-refractivity contribution in [2.45, 2.75) is 11.0 Å². The van der Waals surface area contributed by atoms with Crippen molar-refractivity contribution >= 4 is 20.0 Å². The zero-order valence-electron chi connectivity index (χ0n) is 13.8. The van der Waals surface area contributed by atoms with Crippen LogP contribution in [0.3, 0.4) is 0 Å². The van der Waals surface area contributed by atoms with Gasteiger partial charge in [-0.25, -0.2) is 16.8 Å². The first-order valence-electron chi connectivity index (χ1n) is 6.87. The molecule has 0 saturated carbocycles. The minimum Gasteiger partial charge on any atom is -0.421 e. The van der Waals surface area contributed by atoms with E-state index in [4.69, 9.17) is 4.74 Å². The van der Waals surface area contributed by atoms with Crippen LogP contribution in [0.2, 0.25) is 0 Å². The maximum atomic E-state index is 11.4. The molecule has 0 radical (unpaired) electrons. The summed E-state index contributed by atoms with van der Waals surface area (Å²) < 4.78 is 115. The van der Waals surface area contributed by atoms with Crippen molar-refractivity contribution in [3.8, 4) is 0 Å². The molecule has 0 aliphatic carbocycles. The van der Waals surface area contributed by atoms with E-state index in [-0.39, 0.29) is 0 Å². The van der Waals surface area contributed by atoms with Crippen LogP contribution in [0.15, 0.2) is 0 Å². The fraction of sp³-hybridized carbons (Fsp3) is 1.00. The molecular formula is C10H19F6N3O5S2. The molecule has 0 atom stereocenters. The number of halogens is 6. The number of nitrogens with zero attached hydrogens (tertiary/aromatic N) is 2. The largest absolute Gasteiger partial charge is 0.480 e. The van der Waals surface area contributed by atoms with Crippen LogP contribution in [0, 0.1) is 0 Å². The fourth-order valence-electron chi connectivity index (χ4n) is 1.68. The first-order chi connectivity index (χ1) is 11.5. The smallest absolute Gasteiger partial charge is 0.421 e. The Morgan fingerprint density at radius 1 is 0.962 bits per heavy atom. The average molecular weight is 439 g/mol. The zero-order valence-corrected chi connectivity index (χ0v) is 15.4. The molecule has 1 heterocycles. The van der Waals surface area contributed by atoms with Gasteiger partial charge in [-0.05, 0) is 0 Å². The van der Waals surface area contributed by atoms with Crippen molar-refractivity contribution in [3.63, 3.8) is 0 Å². The summed E-state index contributed by atoms with van der Waals surface area (Å²) in [5.41, 5.74) is -12.4. The molecule has 1 N–H and O–H groups in total. The lowest BCUT2D eigenvalue weighted by atomic mass is 10.3. The summed E-state index contributed by atoms with van der Waals surface area (Å²) in [6.45, 7) is 6.82.